The smallest absolute Gasteiger partial charge is 0.0892 e. The Morgan fingerprint density at radius 2 is 1.00 bits per heavy atom. The fraction of sp³-hybridized carbons (Fsp3) is 1.00. The van der Waals surface area contributed by atoms with E-state index in [0.717, 1.165) is 29.8 Å². The Kier molecular flexibility index (Phi) is 3.87. The summed E-state index contributed by atoms with van der Waals surface area (Å²) < 4.78 is 1.44. The molecular weight excluding hydrogens is 206 g/mol. The molecule has 2 rings (SSSR count). The fourth-order valence-electron chi connectivity index (χ4n) is 4.76. The Balaban J connectivity index is 2.29. The van der Waals surface area contributed by atoms with E-state index in [0.29, 0.717) is 0 Å². The SMILES string of the molecule is CC1C(C)C(C)[N+]2(CCCCCC2)C(C)C1C. The monoisotopic (exact) mass is 238 g/mol. The molecule has 2 aliphatic heterocycles. The van der Waals surface area contributed by atoms with E-state index < -0.39 is 0 Å². The van der Waals surface area contributed by atoms with Gasteiger partial charge in [-0.05, 0) is 45.4 Å². The third-order valence-electron chi connectivity index (χ3n) is 6.70. The van der Waals surface area contributed by atoms with Crippen LogP contribution in [-0.4, -0.2) is 29.7 Å². The number of rotatable bonds is 0. The van der Waals surface area contributed by atoms with Crippen LogP contribution in [0.3, 0.4) is 0 Å². The number of quaternary nitrogens is 1. The number of piperidine rings is 1. The van der Waals surface area contributed by atoms with Gasteiger partial charge < -0.3 is 4.48 Å². The Hall–Kier alpha value is -0.0400. The van der Waals surface area contributed by atoms with E-state index in [1.165, 1.54) is 43.3 Å². The quantitative estimate of drug-likeness (QED) is 0.558. The third-order valence-corrected chi connectivity index (χ3v) is 6.70. The Morgan fingerprint density at radius 3 is 1.41 bits per heavy atom. The van der Waals surface area contributed by atoms with Crippen molar-refractivity contribution >= 4 is 0 Å². The highest BCUT2D eigenvalue weighted by molar-refractivity contribution is 4.84. The second kappa shape index (κ2) is 4.91. The van der Waals surface area contributed by atoms with Crippen LogP contribution in [-0.2, 0) is 0 Å². The highest BCUT2D eigenvalue weighted by Crippen LogP contribution is 2.43. The van der Waals surface area contributed by atoms with Crippen LogP contribution in [0.4, 0.5) is 0 Å². The second-order valence-corrected chi connectivity index (χ2v) is 7.02. The van der Waals surface area contributed by atoms with Crippen molar-refractivity contribution in [3.05, 3.63) is 0 Å². The van der Waals surface area contributed by atoms with Gasteiger partial charge in [0.05, 0.1) is 25.2 Å². The first-order valence-corrected chi connectivity index (χ1v) is 7.87. The summed E-state index contributed by atoms with van der Waals surface area (Å²) in [6.45, 7) is 15.5. The topological polar surface area (TPSA) is 0 Å². The lowest BCUT2D eigenvalue weighted by molar-refractivity contribution is -0.982. The molecule has 0 aliphatic carbocycles. The Bertz CT molecular complexity index is 234. The van der Waals surface area contributed by atoms with Gasteiger partial charge in [0.25, 0.3) is 0 Å². The highest BCUT2D eigenvalue weighted by atomic mass is 15.4. The molecule has 1 heteroatoms. The first-order chi connectivity index (χ1) is 8.00. The molecule has 2 heterocycles. The highest BCUT2D eigenvalue weighted by Gasteiger charge is 2.51. The van der Waals surface area contributed by atoms with Crippen LogP contribution >= 0.6 is 0 Å². The lowest BCUT2D eigenvalue weighted by atomic mass is 9.71. The summed E-state index contributed by atoms with van der Waals surface area (Å²) >= 11 is 0. The molecule has 0 bridgehead atoms. The van der Waals surface area contributed by atoms with Gasteiger partial charge in [-0.2, -0.15) is 0 Å². The van der Waals surface area contributed by atoms with Crippen molar-refractivity contribution in [2.45, 2.75) is 72.4 Å². The zero-order chi connectivity index (χ0) is 12.6. The minimum absolute atomic E-state index is 0.870. The molecule has 0 radical (unpaired) electrons. The van der Waals surface area contributed by atoms with Crippen molar-refractivity contribution in [1.29, 1.82) is 0 Å². The molecule has 100 valence electrons. The van der Waals surface area contributed by atoms with Gasteiger partial charge in [-0.1, -0.05) is 20.8 Å². The van der Waals surface area contributed by atoms with Crippen molar-refractivity contribution in [2.24, 2.45) is 17.8 Å². The molecule has 0 saturated carbocycles. The van der Waals surface area contributed by atoms with Crippen LogP contribution in [0.1, 0.15) is 60.3 Å². The van der Waals surface area contributed by atoms with E-state index >= 15 is 0 Å². The number of hydrogen-bond donors (Lipinski definition) is 0. The summed E-state index contributed by atoms with van der Waals surface area (Å²) in [4.78, 5) is 0. The van der Waals surface area contributed by atoms with Gasteiger partial charge >= 0.3 is 0 Å². The molecule has 4 unspecified atom stereocenters. The summed E-state index contributed by atoms with van der Waals surface area (Å²) in [7, 11) is 0. The largest absolute Gasteiger partial charge is 0.319 e. The predicted octanol–water partition coefficient (Wildman–Crippen LogP) is 4.08. The van der Waals surface area contributed by atoms with E-state index in [1.807, 2.05) is 0 Å². The van der Waals surface area contributed by atoms with Crippen molar-refractivity contribution < 1.29 is 4.48 Å². The lowest BCUT2D eigenvalue weighted by Gasteiger charge is -2.57. The summed E-state index contributed by atoms with van der Waals surface area (Å²) in [5.41, 5.74) is 0. The van der Waals surface area contributed by atoms with Crippen molar-refractivity contribution in [3.8, 4) is 0 Å². The molecule has 1 spiro atoms. The summed E-state index contributed by atoms with van der Waals surface area (Å²) in [6.07, 6.45) is 5.86. The van der Waals surface area contributed by atoms with Gasteiger partial charge in [-0.3, -0.25) is 0 Å². The number of nitrogens with zero attached hydrogens (tertiary/aromatic N) is 1. The molecule has 2 aliphatic rings. The van der Waals surface area contributed by atoms with E-state index in [2.05, 4.69) is 34.6 Å². The van der Waals surface area contributed by atoms with Gasteiger partial charge in [-0.25, -0.2) is 0 Å². The van der Waals surface area contributed by atoms with Gasteiger partial charge in [0.2, 0.25) is 0 Å². The van der Waals surface area contributed by atoms with Crippen LogP contribution in [0.5, 0.6) is 0 Å². The first-order valence-electron chi connectivity index (χ1n) is 7.87. The summed E-state index contributed by atoms with van der Waals surface area (Å²) in [5, 5.41) is 0. The van der Waals surface area contributed by atoms with E-state index in [4.69, 9.17) is 0 Å². The average Bonchev–Trinajstić information content (AvgIpc) is 2.59. The predicted molar refractivity (Wildman–Crippen MR) is 74.9 cm³/mol. The first kappa shape index (κ1) is 13.4. The van der Waals surface area contributed by atoms with Crippen LogP contribution in [0.2, 0.25) is 0 Å². The molecule has 0 aromatic heterocycles. The molecule has 17 heavy (non-hydrogen) atoms. The third kappa shape index (κ3) is 2.05. The average molecular weight is 238 g/mol. The summed E-state index contributed by atoms with van der Waals surface area (Å²) in [6, 6.07) is 1.74. The van der Waals surface area contributed by atoms with Gasteiger partial charge in [0.1, 0.15) is 0 Å². The van der Waals surface area contributed by atoms with E-state index in [1.54, 1.807) is 0 Å². The van der Waals surface area contributed by atoms with Crippen molar-refractivity contribution in [2.75, 3.05) is 13.1 Å². The normalized spacial score (nSPS) is 46.8. The van der Waals surface area contributed by atoms with E-state index in [-0.39, 0.29) is 0 Å². The standard InChI is InChI=1S/C16H32N/c1-12-13(2)15(4)17(16(5)14(12)3)10-8-6-7-9-11-17/h12-16H,6-11H2,1-5H3/q+1. The van der Waals surface area contributed by atoms with E-state index in [9.17, 15) is 0 Å². The van der Waals surface area contributed by atoms with Crippen molar-refractivity contribution in [1.82, 2.24) is 0 Å². The van der Waals surface area contributed by atoms with Crippen LogP contribution in [0.25, 0.3) is 0 Å². The molecule has 2 saturated heterocycles. The van der Waals surface area contributed by atoms with Crippen LogP contribution in [0, 0.1) is 17.8 Å². The maximum atomic E-state index is 2.54. The lowest BCUT2D eigenvalue weighted by Crippen LogP contribution is -2.68. The van der Waals surface area contributed by atoms with Crippen LogP contribution < -0.4 is 0 Å². The Morgan fingerprint density at radius 1 is 0.588 bits per heavy atom. The van der Waals surface area contributed by atoms with Crippen LogP contribution in [0.15, 0.2) is 0 Å². The van der Waals surface area contributed by atoms with Crippen molar-refractivity contribution in [3.63, 3.8) is 0 Å². The molecule has 4 atom stereocenters. The molecule has 2 fully saturated rings. The molecule has 0 amide bonds. The second-order valence-electron chi connectivity index (χ2n) is 7.02. The zero-order valence-corrected chi connectivity index (χ0v) is 12.6. The summed E-state index contributed by atoms with van der Waals surface area (Å²) in [5.74, 6) is 2.67. The maximum absolute atomic E-state index is 2.54. The molecular formula is C16H32N+. The Labute approximate surface area is 108 Å². The maximum Gasteiger partial charge on any atom is 0.0892 e. The zero-order valence-electron chi connectivity index (χ0n) is 12.6. The van der Waals surface area contributed by atoms with Gasteiger partial charge in [0, 0.05) is 11.8 Å². The number of hydrogen-bond acceptors (Lipinski definition) is 0. The minimum atomic E-state index is 0.870. The fourth-order valence-corrected chi connectivity index (χ4v) is 4.76. The molecule has 0 N–H and O–H groups in total. The molecule has 1 nitrogen and oxygen atoms in total. The minimum Gasteiger partial charge on any atom is -0.319 e. The van der Waals surface area contributed by atoms with Gasteiger partial charge in [-0.15, -0.1) is 0 Å². The molecule has 0 aromatic rings. The molecule has 0 aromatic carbocycles. The van der Waals surface area contributed by atoms with Gasteiger partial charge in [0.15, 0.2) is 0 Å².